The first-order chi connectivity index (χ1) is 9.85. The molecule has 0 heterocycles. The normalized spacial score (nSPS) is 11.4. The standard InChI is InChI=1S/C16H26N4O.HI/c1-6-18-14(21)13-9-7-8-12(10-13)11-19-15(17-5)20-16(2,3)4;/h7-10H,6,11H2,1-5H3,(H,18,21)(H2,17,19,20);1H. The number of rotatable bonds is 4. The van der Waals surface area contributed by atoms with E-state index in [0.29, 0.717) is 18.7 Å². The topological polar surface area (TPSA) is 65.5 Å². The molecule has 0 aliphatic rings. The predicted molar refractivity (Wildman–Crippen MR) is 103 cm³/mol. The van der Waals surface area contributed by atoms with Gasteiger partial charge in [-0.3, -0.25) is 9.79 Å². The van der Waals surface area contributed by atoms with Crippen molar-refractivity contribution in [2.24, 2.45) is 4.99 Å². The molecule has 0 saturated heterocycles. The van der Waals surface area contributed by atoms with Gasteiger partial charge in [0.2, 0.25) is 0 Å². The summed E-state index contributed by atoms with van der Waals surface area (Å²) in [6.07, 6.45) is 0. The average Bonchev–Trinajstić information content (AvgIpc) is 2.43. The van der Waals surface area contributed by atoms with Crippen LogP contribution in [0, 0.1) is 0 Å². The molecule has 3 N–H and O–H groups in total. The van der Waals surface area contributed by atoms with Gasteiger partial charge >= 0.3 is 0 Å². The fourth-order valence-corrected chi connectivity index (χ4v) is 1.81. The van der Waals surface area contributed by atoms with Crippen molar-refractivity contribution in [1.29, 1.82) is 0 Å². The number of halogens is 1. The Balaban J connectivity index is 0.00000441. The highest BCUT2D eigenvalue weighted by atomic mass is 127. The van der Waals surface area contributed by atoms with Crippen molar-refractivity contribution >= 4 is 35.8 Å². The van der Waals surface area contributed by atoms with Crippen LogP contribution in [0.25, 0.3) is 0 Å². The van der Waals surface area contributed by atoms with Crippen LogP contribution in [0.4, 0.5) is 0 Å². The largest absolute Gasteiger partial charge is 0.352 e. The predicted octanol–water partition coefficient (Wildman–Crippen LogP) is 2.52. The lowest BCUT2D eigenvalue weighted by molar-refractivity contribution is 0.0955. The number of nitrogens with one attached hydrogen (secondary N) is 3. The van der Waals surface area contributed by atoms with E-state index in [9.17, 15) is 4.79 Å². The molecule has 0 bridgehead atoms. The molecule has 1 amide bonds. The van der Waals surface area contributed by atoms with Crippen LogP contribution in [0.15, 0.2) is 29.3 Å². The first-order valence-electron chi connectivity index (χ1n) is 7.21. The number of guanidine groups is 1. The van der Waals surface area contributed by atoms with Gasteiger partial charge in [-0.2, -0.15) is 0 Å². The van der Waals surface area contributed by atoms with Gasteiger partial charge in [0, 0.05) is 31.2 Å². The Morgan fingerprint density at radius 2 is 1.91 bits per heavy atom. The van der Waals surface area contributed by atoms with E-state index in [-0.39, 0.29) is 35.4 Å². The monoisotopic (exact) mass is 418 g/mol. The molecule has 0 spiro atoms. The summed E-state index contributed by atoms with van der Waals surface area (Å²) in [5, 5.41) is 9.34. The molecule has 0 aliphatic carbocycles. The number of carbonyl (C=O) groups is 1. The van der Waals surface area contributed by atoms with E-state index in [1.807, 2.05) is 31.2 Å². The Kier molecular flexibility index (Phi) is 9.08. The molecule has 1 rings (SSSR count). The van der Waals surface area contributed by atoms with Crippen molar-refractivity contribution < 1.29 is 4.79 Å². The number of carbonyl (C=O) groups excluding carboxylic acids is 1. The average molecular weight is 418 g/mol. The van der Waals surface area contributed by atoms with Crippen molar-refractivity contribution in [3.8, 4) is 0 Å². The second kappa shape index (κ2) is 9.66. The van der Waals surface area contributed by atoms with Crippen LogP contribution < -0.4 is 16.0 Å². The van der Waals surface area contributed by atoms with Crippen LogP contribution in [0.3, 0.4) is 0 Å². The molecule has 1 aromatic carbocycles. The molecular formula is C16H27IN4O. The molecule has 1 aromatic rings. The zero-order valence-electron chi connectivity index (χ0n) is 14.0. The Morgan fingerprint density at radius 1 is 1.23 bits per heavy atom. The van der Waals surface area contributed by atoms with E-state index in [2.05, 4.69) is 41.7 Å². The Bertz CT molecular complexity index is 509. The Morgan fingerprint density at radius 3 is 2.45 bits per heavy atom. The quantitative estimate of drug-likeness (QED) is 0.400. The maximum absolute atomic E-state index is 11.8. The van der Waals surface area contributed by atoms with Gasteiger partial charge in [0.1, 0.15) is 0 Å². The van der Waals surface area contributed by atoms with Crippen molar-refractivity contribution in [3.05, 3.63) is 35.4 Å². The van der Waals surface area contributed by atoms with E-state index in [0.717, 1.165) is 11.5 Å². The summed E-state index contributed by atoms with van der Waals surface area (Å²) < 4.78 is 0. The van der Waals surface area contributed by atoms with Gasteiger partial charge in [-0.05, 0) is 45.4 Å². The van der Waals surface area contributed by atoms with E-state index in [1.54, 1.807) is 7.05 Å². The number of amides is 1. The molecule has 5 nitrogen and oxygen atoms in total. The number of hydrogen-bond acceptors (Lipinski definition) is 2. The molecule has 6 heteroatoms. The highest BCUT2D eigenvalue weighted by molar-refractivity contribution is 14.0. The first-order valence-corrected chi connectivity index (χ1v) is 7.21. The van der Waals surface area contributed by atoms with E-state index in [4.69, 9.17) is 0 Å². The zero-order chi connectivity index (χ0) is 15.9. The van der Waals surface area contributed by atoms with Crippen molar-refractivity contribution in [3.63, 3.8) is 0 Å². The third-order valence-corrected chi connectivity index (χ3v) is 2.70. The van der Waals surface area contributed by atoms with Crippen molar-refractivity contribution in [2.75, 3.05) is 13.6 Å². The molecule has 0 aliphatic heterocycles. The van der Waals surface area contributed by atoms with Crippen LogP contribution in [0.5, 0.6) is 0 Å². The van der Waals surface area contributed by atoms with Gasteiger partial charge in [-0.1, -0.05) is 12.1 Å². The summed E-state index contributed by atoms with van der Waals surface area (Å²) in [6.45, 7) is 9.39. The molecule has 0 saturated carbocycles. The molecule has 0 fully saturated rings. The fraction of sp³-hybridized carbons (Fsp3) is 0.500. The molecule has 0 atom stereocenters. The maximum Gasteiger partial charge on any atom is 0.251 e. The number of nitrogens with zero attached hydrogens (tertiary/aromatic N) is 1. The van der Waals surface area contributed by atoms with Gasteiger partial charge in [-0.25, -0.2) is 0 Å². The lowest BCUT2D eigenvalue weighted by Gasteiger charge is -2.23. The third-order valence-electron chi connectivity index (χ3n) is 2.70. The number of aliphatic imine (C=N–C) groups is 1. The summed E-state index contributed by atoms with van der Waals surface area (Å²) in [4.78, 5) is 16.0. The summed E-state index contributed by atoms with van der Waals surface area (Å²) >= 11 is 0. The minimum Gasteiger partial charge on any atom is -0.352 e. The zero-order valence-corrected chi connectivity index (χ0v) is 16.3. The first kappa shape index (κ1) is 20.7. The van der Waals surface area contributed by atoms with E-state index in [1.165, 1.54) is 0 Å². The lowest BCUT2D eigenvalue weighted by Crippen LogP contribution is -2.47. The van der Waals surface area contributed by atoms with Crippen LogP contribution in [0.1, 0.15) is 43.6 Å². The highest BCUT2D eigenvalue weighted by Gasteiger charge is 2.11. The number of benzene rings is 1. The van der Waals surface area contributed by atoms with Crippen LogP contribution in [0.2, 0.25) is 0 Å². The summed E-state index contributed by atoms with van der Waals surface area (Å²) in [5.74, 6) is 0.697. The van der Waals surface area contributed by atoms with Gasteiger partial charge in [0.25, 0.3) is 5.91 Å². The van der Waals surface area contributed by atoms with E-state index < -0.39 is 0 Å². The van der Waals surface area contributed by atoms with Crippen molar-refractivity contribution in [1.82, 2.24) is 16.0 Å². The minimum atomic E-state index is -0.0509. The highest BCUT2D eigenvalue weighted by Crippen LogP contribution is 2.05. The molecular weight excluding hydrogens is 391 g/mol. The van der Waals surface area contributed by atoms with Gasteiger partial charge in [-0.15, -0.1) is 24.0 Å². The summed E-state index contributed by atoms with van der Waals surface area (Å²) in [6, 6.07) is 7.58. The molecule has 22 heavy (non-hydrogen) atoms. The summed E-state index contributed by atoms with van der Waals surface area (Å²) in [5.41, 5.74) is 1.66. The van der Waals surface area contributed by atoms with Crippen LogP contribution in [-0.2, 0) is 6.54 Å². The smallest absolute Gasteiger partial charge is 0.251 e. The second-order valence-electron chi connectivity index (χ2n) is 5.86. The molecule has 0 aromatic heterocycles. The Labute approximate surface area is 150 Å². The lowest BCUT2D eigenvalue weighted by atomic mass is 10.1. The van der Waals surface area contributed by atoms with Crippen LogP contribution in [-0.4, -0.2) is 31.0 Å². The second-order valence-corrected chi connectivity index (χ2v) is 5.86. The van der Waals surface area contributed by atoms with E-state index >= 15 is 0 Å². The van der Waals surface area contributed by atoms with Gasteiger partial charge in [0.05, 0.1) is 0 Å². The fourth-order valence-electron chi connectivity index (χ4n) is 1.81. The van der Waals surface area contributed by atoms with Crippen LogP contribution >= 0.6 is 24.0 Å². The number of hydrogen-bond donors (Lipinski definition) is 3. The molecule has 124 valence electrons. The third kappa shape index (κ3) is 7.63. The SMILES string of the molecule is CCNC(=O)c1cccc(CNC(=NC)NC(C)(C)C)c1.I. The minimum absolute atomic E-state index is 0. The molecule has 0 unspecified atom stereocenters. The summed E-state index contributed by atoms with van der Waals surface area (Å²) in [7, 11) is 1.74. The van der Waals surface area contributed by atoms with Gasteiger partial charge < -0.3 is 16.0 Å². The Hall–Kier alpha value is -1.31. The van der Waals surface area contributed by atoms with Gasteiger partial charge in [0.15, 0.2) is 5.96 Å². The maximum atomic E-state index is 11.8. The van der Waals surface area contributed by atoms with Crippen molar-refractivity contribution in [2.45, 2.75) is 39.8 Å². The molecule has 0 radical (unpaired) electrons.